The molecule has 0 aliphatic carbocycles. The fourth-order valence-electron chi connectivity index (χ4n) is 1.31. The zero-order valence-electron chi connectivity index (χ0n) is 7.69. The molecule has 0 radical (unpaired) electrons. The van der Waals surface area contributed by atoms with Crippen LogP contribution in [0.15, 0.2) is 30.5 Å². The fourth-order valence-corrected chi connectivity index (χ4v) is 1.31. The molecule has 0 spiro atoms. The van der Waals surface area contributed by atoms with Crippen molar-refractivity contribution < 1.29 is 4.74 Å². The monoisotopic (exact) mass is 184 g/mol. The van der Waals surface area contributed by atoms with Crippen LogP contribution in [0.25, 0.3) is 10.8 Å². The molecule has 0 bridgehead atoms. The Kier molecular flexibility index (Phi) is 2.04. The first-order valence-electron chi connectivity index (χ1n) is 4.17. The summed E-state index contributed by atoms with van der Waals surface area (Å²) in [6, 6.07) is 9.43. The molecule has 1 aromatic carbocycles. The van der Waals surface area contributed by atoms with Crippen LogP contribution >= 0.6 is 0 Å². The Balaban J connectivity index is 2.67. The number of ether oxygens (including phenoxy) is 1. The van der Waals surface area contributed by atoms with Gasteiger partial charge in [-0.05, 0) is 29.7 Å². The fraction of sp³-hybridized carbons (Fsp3) is 0.0909. The van der Waals surface area contributed by atoms with Gasteiger partial charge in [0.25, 0.3) is 0 Å². The second kappa shape index (κ2) is 3.35. The minimum atomic E-state index is 0.422. The summed E-state index contributed by atoms with van der Waals surface area (Å²) in [5.74, 6) is 0.785. The first-order valence-corrected chi connectivity index (χ1v) is 4.17. The van der Waals surface area contributed by atoms with E-state index in [1.54, 1.807) is 19.4 Å². The molecule has 0 aliphatic rings. The van der Waals surface area contributed by atoms with Crippen molar-refractivity contribution in [3.8, 4) is 11.8 Å². The van der Waals surface area contributed by atoms with Gasteiger partial charge >= 0.3 is 0 Å². The van der Waals surface area contributed by atoms with Crippen molar-refractivity contribution >= 4 is 10.8 Å². The molecule has 0 saturated carbocycles. The van der Waals surface area contributed by atoms with E-state index in [1.807, 2.05) is 24.3 Å². The summed E-state index contributed by atoms with van der Waals surface area (Å²) in [7, 11) is 1.62. The van der Waals surface area contributed by atoms with Crippen molar-refractivity contribution in [1.29, 1.82) is 5.26 Å². The van der Waals surface area contributed by atoms with Crippen molar-refractivity contribution in [3.05, 3.63) is 36.2 Å². The average molecular weight is 184 g/mol. The molecular weight excluding hydrogens is 176 g/mol. The zero-order chi connectivity index (χ0) is 9.97. The van der Waals surface area contributed by atoms with Crippen LogP contribution in [0.1, 0.15) is 5.69 Å². The predicted octanol–water partition coefficient (Wildman–Crippen LogP) is 2.12. The van der Waals surface area contributed by atoms with Crippen molar-refractivity contribution in [2.45, 2.75) is 0 Å². The standard InChI is InChI=1S/C11H8N2O/c1-14-11-3-2-8-7-13-10(6-12)4-9(8)5-11/h2-5,7H,1H3. The number of fused-ring (bicyclic) bond motifs is 1. The molecular formula is C11H8N2O. The van der Waals surface area contributed by atoms with Gasteiger partial charge in [-0.2, -0.15) is 5.26 Å². The summed E-state index contributed by atoms with van der Waals surface area (Å²) in [6.45, 7) is 0. The van der Waals surface area contributed by atoms with Gasteiger partial charge in [0, 0.05) is 11.6 Å². The Morgan fingerprint density at radius 3 is 2.86 bits per heavy atom. The maximum Gasteiger partial charge on any atom is 0.141 e. The van der Waals surface area contributed by atoms with E-state index in [4.69, 9.17) is 10.00 Å². The van der Waals surface area contributed by atoms with E-state index in [0.29, 0.717) is 5.69 Å². The maximum absolute atomic E-state index is 8.68. The van der Waals surface area contributed by atoms with Gasteiger partial charge in [-0.25, -0.2) is 4.98 Å². The van der Waals surface area contributed by atoms with Gasteiger partial charge in [0.2, 0.25) is 0 Å². The Morgan fingerprint density at radius 2 is 2.14 bits per heavy atom. The summed E-state index contributed by atoms with van der Waals surface area (Å²) in [4.78, 5) is 3.98. The quantitative estimate of drug-likeness (QED) is 0.681. The first kappa shape index (κ1) is 8.52. The molecule has 0 fully saturated rings. The van der Waals surface area contributed by atoms with E-state index in [0.717, 1.165) is 16.5 Å². The Hall–Kier alpha value is -2.08. The van der Waals surface area contributed by atoms with Crippen molar-refractivity contribution in [2.75, 3.05) is 7.11 Å². The van der Waals surface area contributed by atoms with Crippen LogP contribution in [0.2, 0.25) is 0 Å². The third kappa shape index (κ3) is 1.38. The minimum Gasteiger partial charge on any atom is -0.497 e. The molecule has 14 heavy (non-hydrogen) atoms. The molecule has 1 heterocycles. The SMILES string of the molecule is COc1ccc2cnc(C#N)cc2c1. The van der Waals surface area contributed by atoms with Crippen molar-refractivity contribution in [3.63, 3.8) is 0 Å². The minimum absolute atomic E-state index is 0.422. The van der Waals surface area contributed by atoms with Gasteiger partial charge in [-0.15, -0.1) is 0 Å². The van der Waals surface area contributed by atoms with Gasteiger partial charge in [-0.1, -0.05) is 0 Å². The van der Waals surface area contributed by atoms with E-state index in [2.05, 4.69) is 4.98 Å². The number of nitrogens with zero attached hydrogens (tertiary/aromatic N) is 2. The highest BCUT2D eigenvalue weighted by molar-refractivity contribution is 5.83. The number of aromatic nitrogens is 1. The van der Waals surface area contributed by atoms with Crippen LogP contribution < -0.4 is 4.74 Å². The molecule has 2 aromatic rings. The normalized spacial score (nSPS) is 9.71. The molecule has 2 rings (SSSR count). The highest BCUT2D eigenvalue weighted by atomic mass is 16.5. The van der Waals surface area contributed by atoms with Crippen LogP contribution in [-0.2, 0) is 0 Å². The van der Waals surface area contributed by atoms with Gasteiger partial charge in [0.05, 0.1) is 7.11 Å². The topological polar surface area (TPSA) is 45.9 Å². The van der Waals surface area contributed by atoms with Crippen LogP contribution in [0.5, 0.6) is 5.75 Å². The van der Waals surface area contributed by atoms with Gasteiger partial charge in [0.1, 0.15) is 17.5 Å². The number of pyridine rings is 1. The van der Waals surface area contributed by atoms with E-state index in [1.165, 1.54) is 0 Å². The van der Waals surface area contributed by atoms with E-state index < -0.39 is 0 Å². The number of benzene rings is 1. The molecule has 0 atom stereocenters. The molecule has 0 saturated heterocycles. The van der Waals surface area contributed by atoms with Crippen molar-refractivity contribution in [2.24, 2.45) is 0 Å². The first-order chi connectivity index (χ1) is 6.83. The van der Waals surface area contributed by atoms with Gasteiger partial charge < -0.3 is 4.74 Å². The van der Waals surface area contributed by atoms with E-state index in [9.17, 15) is 0 Å². The second-order valence-corrected chi connectivity index (χ2v) is 2.89. The summed E-state index contributed by atoms with van der Waals surface area (Å²) in [5, 5.41) is 10.7. The lowest BCUT2D eigenvalue weighted by Crippen LogP contribution is -1.85. The van der Waals surface area contributed by atoms with Crippen LogP contribution in [0.3, 0.4) is 0 Å². The average Bonchev–Trinajstić information content (AvgIpc) is 2.27. The maximum atomic E-state index is 8.68. The molecule has 0 aliphatic heterocycles. The van der Waals surface area contributed by atoms with Crippen LogP contribution in [0.4, 0.5) is 0 Å². The number of hydrogen-bond donors (Lipinski definition) is 0. The molecule has 68 valence electrons. The molecule has 0 amide bonds. The number of nitriles is 1. The largest absolute Gasteiger partial charge is 0.497 e. The third-order valence-electron chi connectivity index (χ3n) is 2.04. The van der Waals surface area contributed by atoms with Gasteiger partial charge in [0.15, 0.2) is 0 Å². The van der Waals surface area contributed by atoms with E-state index >= 15 is 0 Å². The summed E-state index contributed by atoms with van der Waals surface area (Å²) in [6.07, 6.45) is 1.69. The molecule has 3 heteroatoms. The molecule has 3 nitrogen and oxygen atoms in total. The van der Waals surface area contributed by atoms with Crippen LogP contribution in [0, 0.1) is 11.3 Å². The Bertz CT molecular complexity index is 514. The highest BCUT2D eigenvalue weighted by Crippen LogP contribution is 2.20. The lowest BCUT2D eigenvalue weighted by atomic mass is 10.1. The highest BCUT2D eigenvalue weighted by Gasteiger charge is 1.98. The molecule has 0 unspecified atom stereocenters. The third-order valence-corrected chi connectivity index (χ3v) is 2.04. The van der Waals surface area contributed by atoms with E-state index in [-0.39, 0.29) is 0 Å². The van der Waals surface area contributed by atoms with Crippen LogP contribution in [-0.4, -0.2) is 12.1 Å². The zero-order valence-corrected chi connectivity index (χ0v) is 7.69. The smallest absolute Gasteiger partial charge is 0.141 e. The van der Waals surface area contributed by atoms with Crippen molar-refractivity contribution in [1.82, 2.24) is 4.98 Å². The lowest BCUT2D eigenvalue weighted by molar-refractivity contribution is 0.415. The number of methoxy groups -OCH3 is 1. The van der Waals surface area contributed by atoms with Gasteiger partial charge in [-0.3, -0.25) is 0 Å². The number of rotatable bonds is 1. The lowest BCUT2D eigenvalue weighted by Gasteiger charge is -2.01. The molecule has 1 aromatic heterocycles. The summed E-state index contributed by atoms with van der Waals surface area (Å²) >= 11 is 0. The summed E-state index contributed by atoms with van der Waals surface area (Å²) in [5.41, 5.74) is 0.422. The Labute approximate surface area is 81.6 Å². The second-order valence-electron chi connectivity index (χ2n) is 2.89. The predicted molar refractivity (Wildman–Crippen MR) is 53.0 cm³/mol. The summed E-state index contributed by atoms with van der Waals surface area (Å²) < 4.78 is 5.09. The molecule has 0 N–H and O–H groups in total. The number of hydrogen-bond acceptors (Lipinski definition) is 3. The Morgan fingerprint density at radius 1 is 1.29 bits per heavy atom.